The number of hydrogen-bond donors (Lipinski definition) is 0. The molecule has 0 aromatic heterocycles. The van der Waals surface area contributed by atoms with Crippen molar-refractivity contribution in [3.63, 3.8) is 0 Å². The highest BCUT2D eigenvalue weighted by Crippen LogP contribution is 2.60. The summed E-state index contributed by atoms with van der Waals surface area (Å²) in [5, 5.41) is 0. The predicted octanol–water partition coefficient (Wildman–Crippen LogP) is 4.37. The van der Waals surface area contributed by atoms with Gasteiger partial charge in [-0.3, -0.25) is 4.99 Å². The lowest BCUT2D eigenvalue weighted by Gasteiger charge is -2.19. The quantitative estimate of drug-likeness (QED) is 0.718. The van der Waals surface area contributed by atoms with E-state index in [1.54, 1.807) is 18.3 Å². The monoisotopic (exact) mass is 263 g/mol. The van der Waals surface area contributed by atoms with Gasteiger partial charge in [-0.25, -0.2) is 8.78 Å². The fourth-order valence-electron chi connectivity index (χ4n) is 3.03. The van der Waals surface area contributed by atoms with E-state index in [0.717, 1.165) is 12.8 Å². The van der Waals surface area contributed by atoms with Crippen molar-refractivity contribution in [2.24, 2.45) is 4.99 Å². The highest BCUT2D eigenvalue weighted by atomic mass is 19.3. The molecule has 0 radical (unpaired) electrons. The van der Waals surface area contributed by atoms with E-state index >= 15 is 0 Å². The lowest BCUT2D eigenvalue weighted by Crippen LogP contribution is -2.20. The molecule has 2 aliphatic rings. The van der Waals surface area contributed by atoms with Crippen LogP contribution in [0.4, 0.5) is 8.78 Å². The van der Waals surface area contributed by atoms with Gasteiger partial charge in [0.2, 0.25) is 0 Å². The molecule has 0 N–H and O–H groups in total. The minimum absolute atomic E-state index is 0.0970. The summed E-state index contributed by atoms with van der Waals surface area (Å²) in [4.78, 5) is 4.48. The van der Waals surface area contributed by atoms with Crippen molar-refractivity contribution in [1.29, 1.82) is 0 Å². The van der Waals surface area contributed by atoms with E-state index in [9.17, 15) is 8.78 Å². The third-order valence-electron chi connectivity index (χ3n) is 4.40. The molecule has 19 heavy (non-hydrogen) atoms. The van der Waals surface area contributed by atoms with Crippen LogP contribution in [0.1, 0.15) is 44.1 Å². The molecule has 1 nitrogen and oxygen atoms in total. The van der Waals surface area contributed by atoms with Gasteiger partial charge in [0.15, 0.2) is 0 Å². The largest absolute Gasteiger partial charge is 0.293 e. The number of alkyl halides is 2. The van der Waals surface area contributed by atoms with Gasteiger partial charge in [0.25, 0.3) is 5.92 Å². The van der Waals surface area contributed by atoms with Crippen LogP contribution in [0.2, 0.25) is 0 Å². The first-order chi connectivity index (χ1) is 9.14. The molecule has 102 valence electrons. The van der Waals surface area contributed by atoms with E-state index in [1.807, 2.05) is 18.2 Å². The first-order valence-electron chi connectivity index (χ1n) is 7.12. The molecule has 1 atom stereocenters. The Kier molecular flexibility index (Phi) is 3.15. The predicted molar refractivity (Wildman–Crippen MR) is 73.0 cm³/mol. The Morgan fingerprint density at radius 3 is 2.26 bits per heavy atom. The molecule has 1 aromatic rings. The standard InChI is InChI=1S/C16H19F2N/c17-16(18)11-15(16,13-7-3-1-4-8-13)12-19-14-9-5-2-6-10-14/h1,3-4,7-8,12,14H,2,5-6,9-11H2. The summed E-state index contributed by atoms with van der Waals surface area (Å²) in [6.07, 6.45) is 7.16. The van der Waals surface area contributed by atoms with E-state index in [2.05, 4.69) is 4.99 Å². The second kappa shape index (κ2) is 4.69. The van der Waals surface area contributed by atoms with E-state index in [1.165, 1.54) is 19.3 Å². The summed E-state index contributed by atoms with van der Waals surface area (Å²) < 4.78 is 27.6. The van der Waals surface area contributed by atoms with Crippen LogP contribution >= 0.6 is 0 Å². The Hall–Kier alpha value is -1.25. The van der Waals surface area contributed by atoms with Crippen molar-refractivity contribution in [3.8, 4) is 0 Å². The Balaban J connectivity index is 1.81. The van der Waals surface area contributed by atoms with E-state index < -0.39 is 11.3 Å². The molecule has 2 saturated carbocycles. The van der Waals surface area contributed by atoms with Gasteiger partial charge in [-0.15, -0.1) is 0 Å². The molecule has 0 heterocycles. The number of benzene rings is 1. The van der Waals surface area contributed by atoms with Crippen molar-refractivity contribution in [2.75, 3.05) is 0 Å². The third-order valence-corrected chi connectivity index (χ3v) is 4.40. The third kappa shape index (κ3) is 2.31. The molecule has 2 fully saturated rings. The van der Waals surface area contributed by atoms with Crippen LogP contribution in [0, 0.1) is 0 Å². The Morgan fingerprint density at radius 2 is 1.68 bits per heavy atom. The maximum Gasteiger partial charge on any atom is 0.264 e. The number of nitrogens with zero attached hydrogens (tertiary/aromatic N) is 1. The number of hydrogen-bond acceptors (Lipinski definition) is 1. The lowest BCUT2D eigenvalue weighted by atomic mass is 9.94. The highest BCUT2D eigenvalue weighted by Gasteiger charge is 2.71. The minimum atomic E-state index is -2.63. The van der Waals surface area contributed by atoms with Crippen LogP contribution in [0.25, 0.3) is 0 Å². The zero-order valence-electron chi connectivity index (χ0n) is 11.0. The van der Waals surface area contributed by atoms with Gasteiger partial charge in [0, 0.05) is 18.7 Å². The zero-order valence-corrected chi connectivity index (χ0v) is 11.0. The number of rotatable bonds is 3. The Morgan fingerprint density at radius 1 is 1.05 bits per heavy atom. The molecule has 0 saturated heterocycles. The van der Waals surface area contributed by atoms with Gasteiger partial charge in [-0.1, -0.05) is 49.6 Å². The molecular weight excluding hydrogens is 244 g/mol. The maximum atomic E-state index is 13.8. The van der Waals surface area contributed by atoms with Gasteiger partial charge in [-0.2, -0.15) is 0 Å². The van der Waals surface area contributed by atoms with Crippen molar-refractivity contribution < 1.29 is 8.78 Å². The van der Waals surface area contributed by atoms with Crippen molar-refractivity contribution in [1.82, 2.24) is 0 Å². The maximum absolute atomic E-state index is 13.8. The lowest BCUT2D eigenvalue weighted by molar-refractivity contribution is 0.103. The van der Waals surface area contributed by atoms with Gasteiger partial charge in [-0.05, 0) is 18.4 Å². The molecule has 0 aliphatic heterocycles. The highest BCUT2D eigenvalue weighted by molar-refractivity contribution is 5.81. The Labute approximate surface area is 112 Å². The summed E-state index contributed by atoms with van der Waals surface area (Å²) in [5.74, 6) is -2.63. The second-order valence-electron chi connectivity index (χ2n) is 5.79. The topological polar surface area (TPSA) is 12.4 Å². The summed E-state index contributed by atoms with van der Waals surface area (Å²) in [5.41, 5.74) is -0.439. The van der Waals surface area contributed by atoms with E-state index in [-0.39, 0.29) is 12.5 Å². The SMILES string of the molecule is FC1(F)CC1(C=NC1CCCCC1)c1ccccc1. The summed E-state index contributed by atoms with van der Waals surface area (Å²) in [7, 11) is 0. The van der Waals surface area contributed by atoms with Crippen molar-refractivity contribution >= 4 is 6.21 Å². The van der Waals surface area contributed by atoms with Gasteiger partial charge >= 0.3 is 0 Å². The van der Waals surface area contributed by atoms with Crippen LogP contribution in [0.15, 0.2) is 35.3 Å². The Bertz CT molecular complexity index is 463. The van der Waals surface area contributed by atoms with Crippen LogP contribution < -0.4 is 0 Å². The van der Waals surface area contributed by atoms with Crippen LogP contribution in [0.3, 0.4) is 0 Å². The van der Waals surface area contributed by atoms with Gasteiger partial charge in [0.05, 0.1) is 5.41 Å². The summed E-state index contributed by atoms with van der Waals surface area (Å²) >= 11 is 0. The molecular formula is C16H19F2N. The fraction of sp³-hybridized carbons (Fsp3) is 0.562. The average Bonchev–Trinajstić information content (AvgIpc) is 3.02. The second-order valence-corrected chi connectivity index (χ2v) is 5.79. The molecule has 2 aliphatic carbocycles. The van der Waals surface area contributed by atoms with E-state index in [0.29, 0.717) is 5.56 Å². The molecule has 3 heteroatoms. The summed E-state index contributed by atoms with van der Waals surface area (Å²) in [6.45, 7) is 0. The van der Waals surface area contributed by atoms with Gasteiger partial charge < -0.3 is 0 Å². The fourth-order valence-corrected chi connectivity index (χ4v) is 3.03. The molecule has 0 bridgehead atoms. The average molecular weight is 263 g/mol. The minimum Gasteiger partial charge on any atom is -0.293 e. The summed E-state index contributed by atoms with van der Waals surface area (Å²) in [6, 6.07) is 9.32. The smallest absolute Gasteiger partial charge is 0.264 e. The normalized spacial score (nSPS) is 30.6. The molecule has 1 aromatic carbocycles. The number of halogens is 2. The number of aliphatic imine (C=N–C) groups is 1. The van der Waals surface area contributed by atoms with Crippen LogP contribution in [-0.2, 0) is 5.41 Å². The molecule has 3 rings (SSSR count). The first kappa shape index (κ1) is 12.8. The first-order valence-corrected chi connectivity index (χ1v) is 7.12. The van der Waals surface area contributed by atoms with Gasteiger partial charge in [0.1, 0.15) is 0 Å². The van der Waals surface area contributed by atoms with Crippen LogP contribution in [0.5, 0.6) is 0 Å². The van der Waals surface area contributed by atoms with Crippen LogP contribution in [-0.4, -0.2) is 18.2 Å². The van der Waals surface area contributed by atoms with Crippen molar-refractivity contribution in [3.05, 3.63) is 35.9 Å². The molecule has 0 amide bonds. The van der Waals surface area contributed by atoms with Crippen molar-refractivity contribution in [2.45, 2.75) is 55.9 Å². The molecule has 0 spiro atoms. The molecule has 1 unspecified atom stereocenters. The van der Waals surface area contributed by atoms with E-state index in [4.69, 9.17) is 0 Å². The zero-order chi connectivity index (χ0) is 13.3.